The molecule has 24 heavy (non-hydrogen) atoms. The first-order chi connectivity index (χ1) is 10.9. The quantitative estimate of drug-likeness (QED) is 0.163. The average Bonchev–Trinajstić information content (AvgIpc) is 2.45. The first-order valence-electron chi connectivity index (χ1n) is 7.59. The lowest BCUT2D eigenvalue weighted by Crippen LogP contribution is -2.47. The van der Waals surface area contributed by atoms with Crippen molar-refractivity contribution in [1.82, 2.24) is 0 Å². The first kappa shape index (κ1) is 22.2. The number of esters is 2. The maximum absolute atomic E-state index is 12.2. The van der Waals surface area contributed by atoms with Gasteiger partial charge in [0.05, 0.1) is 20.1 Å². The second-order valence-electron chi connectivity index (χ2n) is 6.69. The van der Waals surface area contributed by atoms with Gasteiger partial charge >= 0.3 is 17.7 Å². The van der Waals surface area contributed by atoms with Gasteiger partial charge in [0.2, 0.25) is 0 Å². The van der Waals surface area contributed by atoms with E-state index >= 15 is 0 Å². The lowest BCUT2D eigenvalue weighted by Gasteiger charge is -2.38. The summed E-state index contributed by atoms with van der Waals surface area (Å²) in [6.45, 7) is 11.6. The lowest BCUT2D eigenvalue weighted by atomic mass is 10.1. The summed E-state index contributed by atoms with van der Waals surface area (Å²) in [5, 5.41) is -0.197. The van der Waals surface area contributed by atoms with Crippen LogP contribution in [0.3, 0.4) is 0 Å². The monoisotopic (exact) mass is 358 g/mol. The van der Waals surface area contributed by atoms with Gasteiger partial charge in [-0.1, -0.05) is 20.8 Å². The molecular weight excluding hydrogens is 332 g/mol. The largest absolute Gasteiger partial charge is 0.464 e. The molecule has 0 N–H and O–H groups in total. The fourth-order valence-electron chi connectivity index (χ4n) is 1.51. The van der Waals surface area contributed by atoms with Crippen molar-refractivity contribution in [3.63, 3.8) is 0 Å². The molecule has 0 saturated carbocycles. The summed E-state index contributed by atoms with van der Waals surface area (Å²) in [7, 11) is -1.33. The molecule has 1 unspecified atom stereocenters. The van der Waals surface area contributed by atoms with Crippen LogP contribution in [0.25, 0.3) is 5.53 Å². The van der Waals surface area contributed by atoms with Crippen LogP contribution in [-0.4, -0.2) is 56.4 Å². The Bertz CT molecular complexity index is 547. The molecule has 0 aromatic carbocycles. The van der Waals surface area contributed by atoms with Gasteiger partial charge in [0, 0.05) is 0 Å². The highest BCUT2D eigenvalue weighted by Gasteiger charge is 2.43. The topological polar surface area (TPSA) is 115 Å². The Morgan fingerprint density at radius 3 is 2.12 bits per heavy atom. The average molecular weight is 358 g/mol. The van der Waals surface area contributed by atoms with E-state index in [4.69, 9.17) is 14.7 Å². The predicted octanol–water partition coefficient (Wildman–Crippen LogP) is 1.74. The third-order valence-corrected chi connectivity index (χ3v) is 8.39. The van der Waals surface area contributed by atoms with Crippen molar-refractivity contribution >= 4 is 31.8 Å². The minimum Gasteiger partial charge on any atom is -0.464 e. The van der Waals surface area contributed by atoms with Crippen molar-refractivity contribution in [1.29, 1.82) is 0 Å². The Morgan fingerprint density at radius 2 is 1.75 bits per heavy atom. The number of ketones is 1. The van der Waals surface area contributed by atoms with Crippen molar-refractivity contribution in [2.75, 3.05) is 13.7 Å². The molecule has 0 amide bonds. The molecule has 0 radical (unpaired) electrons. The number of carbonyl (C=O) groups excluding carboxylic acids is 3. The Kier molecular flexibility index (Phi) is 8.19. The van der Waals surface area contributed by atoms with Crippen molar-refractivity contribution in [3.05, 3.63) is 5.53 Å². The van der Waals surface area contributed by atoms with Gasteiger partial charge in [-0.15, -0.1) is 0 Å². The zero-order chi connectivity index (χ0) is 19.1. The highest BCUT2D eigenvalue weighted by molar-refractivity contribution is 6.74. The van der Waals surface area contributed by atoms with E-state index in [1.807, 2.05) is 33.9 Å². The highest BCUT2D eigenvalue weighted by atomic mass is 28.4. The van der Waals surface area contributed by atoms with Gasteiger partial charge in [0.1, 0.15) is 0 Å². The minimum atomic E-state index is -2.38. The van der Waals surface area contributed by atoms with Gasteiger partial charge in [-0.05, 0) is 25.1 Å². The number of methoxy groups -OCH3 is 1. The highest BCUT2D eigenvalue weighted by Crippen LogP contribution is 2.37. The Hall–Kier alpha value is -1.83. The molecule has 0 aliphatic rings. The van der Waals surface area contributed by atoms with Crippen LogP contribution in [0.4, 0.5) is 0 Å². The Balaban J connectivity index is 5.46. The van der Waals surface area contributed by atoms with E-state index in [1.165, 1.54) is 0 Å². The van der Waals surface area contributed by atoms with E-state index in [2.05, 4.69) is 9.53 Å². The molecule has 0 aliphatic heterocycles. The predicted molar refractivity (Wildman–Crippen MR) is 89.0 cm³/mol. The standard InChI is InChI=1S/C15H26N2O6Si/c1-8-22-13(19)11(23-24(6,7)15(2,3)4)9-10(18)12(17-16)14(20)21-5/h11H,8-9H2,1-7H3. The molecule has 0 heterocycles. The molecule has 0 bridgehead atoms. The van der Waals surface area contributed by atoms with E-state index < -0.39 is 44.3 Å². The summed E-state index contributed by atoms with van der Waals surface area (Å²) < 4.78 is 15.3. The van der Waals surface area contributed by atoms with Gasteiger partial charge in [-0.2, -0.15) is 4.79 Å². The summed E-state index contributed by atoms with van der Waals surface area (Å²) in [6, 6.07) is 0. The van der Waals surface area contributed by atoms with E-state index in [9.17, 15) is 14.4 Å². The lowest BCUT2D eigenvalue weighted by molar-refractivity contribution is -0.154. The fourth-order valence-corrected chi connectivity index (χ4v) is 2.76. The minimum absolute atomic E-state index is 0.127. The Labute approximate surface area is 143 Å². The number of nitrogens with zero attached hydrogens (tertiary/aromatic N) is 2. The summed E-state index contributed by atoms with van der Waals surface area (Å²) in [6.07, 6.45) is -1.65. The van der Waals surface area contributed by atoms with Crippen LogP contribution in [-0.2, 0) is 28.3 Å². The van der Waals surface area contributed by atoms with Crippen molar-refractivity contribution in [2.24, 2.45) is 0 Å². The number of hydrogen-bond donors (Lipinski definition) is 0. The van der Waals surface area contributed by atoms with Gasteiger partial charge < -0.3 is 19.4 Å². The molecule has 0 spiro atoms. The number of carbonyl (C=O) groups is 3. The molecule has 8 nitrogen and oxygen atoms in total. The normalized spacial score (nSPS) is 12.8. The summed E-state index contributed by atoms with van der Waals surface area (Å²) in [5.74, 6) is -2.64. The maximum atomic E-state index is 12.2. The van der Waals surface area contributed by atoms with Crippen LogP contribution < -0.4 is 0 Å². The van der Waals surface area contributed by atoms with Crippen LogP contribution >= 0.6 is 0 Å². The second kappa shape index (κ2) is 8.86. The van der Waals surface area contributed by atoms with E-state index in [0.29, 0.717) is 0 Å². The summed E-state index contributed by atoms with van der Waals surface area (Å²) in [4.78, 5) is 38.4. The van der Waals surface area contributed by atoms with E-state index in [1.54, 1.807) is 6.92 Å². The maximum Gasteiger partial charge on any atom is 0.441 e. The van der Waals surface area contributed by atoms with Crippen molar-refractivity contribution < 1.29 is 33.1 Å². The first-order valence-corrected chi connectivity index (χ1v) is 10.5. The second-order valence-corrected chi connectivity index (χ2v) is 11.4. The number of rotatable bonds is 8. The molecule has 0 aromatic rings. The van der Waals surface area contributed by atoms with E-state index in [-0.39, 0.29) is 11.6 Å². The fraction of sp³-hybridized carbons (Fsp3) is 0.733. The van der Waals surface area contributed by atoms with Crippen LogP contribution in [0.15, 0.2) is 0 Å². The third-order valence-electron chi connectivity index (χ3n) is 3.91. The molecule has 0 aromatic heterocycles. The molecular formula is C15H26N2O6Si. The zero-order valence-corrected chi connectivity index (χ0v) is 16.3. The molecule has 9 heteroatoms. The molecule has 136 valence electrons. The molecule has 0 aliphatic carbocycles. The number of hydrogen-bond acceptors (Lipinski definition) is 6. The summed E-state index contributed by atoms with van der Waals surface area (Å²) in [5.41, 5.74) is 8.05. The molecule has 0 fully saturated rings. The van der Waals surface area contributed by atoms with Gasteiger partial charge in [0.25, 0.3) is 5.78 Å². The van der Waals surface area contributed by atoms with Gasteiger partial charge in [-0.3, -0.25) is 4.79 Å². The van der Waals surface area contributed by atoms with Crippen molar-refractivity contribution in [3.8, 4) is 0 Å². The van der Waals surface area contributed by atoms with Gasteiger partial charge in [0.15, 0.2) is 14.4 Å². The van der Waals surface area contributed by atoms with Crippen molar-refractivity contribution in [2.45, 2.75) is 58.4 Å². The summed E-state index contributed by atoms with van der Waals surface area (Å²) >= 11 is 0. The number of ether oxygens (including phenoxy) is 2. The van der Waals surface area contributed by atoms with Crippen LogP contribution in [0.5, 0.6) is 0 Å². The zero-order valence-electron chi connectivity index (χ0n) is 15.3. The molecule has 0 rings (SSSR count). The van der Waals surface area contributed by atoms with Crippen LogP contribution in [0, 0.1) is 0 Å². The Morgan fingerprint density at radius 1 is 1.21 bits per heavy atom. The third kappa shape index (κ3) is 5.99. The number of Topliss-reactive ketones (excluding diaryl/α,β-unsaturated/α-hetero) is 1. The molecule has 0 saturated heterocycles. The van der Waals surface area contributed by atoms with Gasteiger partial charge in [-0.25, -0.2) is 9.59 Å². The molecule has 1 atom stereocenters. The van der Waals surface area contributed by atoms with E-state index in [0.717, 1.165) is 7.11 Å². The van der Waals surface area contributed by atoms with Crippen LogP contribution in [0.2, 0.25) is 18.1 Å². The van der Waals surface area contributed by atoms with Crippen LogP contribution in [0.1, 0.15) is 34.1 Å². The SMILES string of the molecule is CCOC(=O)C(CC(=O)C(=[N+]=[N-])C(=O)OC)O[Si](C)(C)C(C)(C)C. The smallest absolute Gasteiger partial charge is 0.441 e.